The number of carbonyl (C=O) groups is 2. The first-order valence-corrected chi connectivity index (χ1v) is 10.4. The second-order valence-electron chi connectivity index (χ2n) is 7.47. The lowest BCUT2D eigenvalue weighted by Gasteiger charge is -2.27. The van der Waals surface area contributed by atoms with Crippen molar-refractivity contribution in [3.05, 3.63) is 64.9 Å². The van der Waals surface area contributed by atoms with Crippen LogP contribution in [0.5, 0.6) is 0 Å². The van der Waals surface area contributed by atoms with Crippen LogP contribution in [0.2, 0.25) is 0 Å². The minimum Gasteiger partial charge on any atom is -0.454 e. The summed E-state index contributed by atoms with van der Waals surface area (Å²) in [4.78, 5) is 38.2. The summed E-state index contributed by atoms with van der Waals surface area (Å²) in [5.41, 5.74) is 1.98. The van der Waals surface area contributed by atoms with Gasteiger partial charge in [0.05, 0.1) is 0 Å². The van der Waals surface area contributed by atoms with Crippen molar-refractivity contribution in [3.63, 3.8) is 0 Å². The molecule has 0 aliphatic carbocycles. The van der Waals surface area contributed by atoms with E-state index >= 15 is 0 Å². The first-order valence-electron chi connectivity index (χ1n) is 10.4. The summed E-state index contributed by atoms with van der Waals surface area (Å²) in [6.07, 6.45) is 0. The number of ether oxygens (including phenoxy) is 1. The standard InChI is InChI=1S/C23H25FN4O5/c1-4-27(15(2)3)19-11-9-18(10-12-19)25-20(29)14-32-21(30)13-28-23(31)33-22(26-28)16-5-7-17(24)8-6-16/h5-12,15H,4,13-14H2,1-3H3,(H,25,29). The fourth-order valence-electron chi connectivity index (χ4n) is 3.21. The molecule has 1 aromatic heterocycles. The van der Waals surface area contributed by atoms with Crippen molar-refractivity contribution in [3.8, 4) is 11.5 Å². The summed E-state index contributed by atoms with van der Waals surface area (Å²) < 4.78 is 23.7. The lowest BCUT2D eigenvalue weighted by Crippen LogP contribution is -2.30. The molecule has 0 saturated carbocycles. The second-order valence-corrected chi connectivity index (χ2v) is 7.47. The third-order valence-corrected chi connectivity index (χ3v) is 4.79. The van der Waals surface area contributed by atoms with Crippen molar-refractivity contribution in [1.29, 1.82) is 0 Å². The predicted octanol–water partition coefficient (Wildman–Crippen LogP) is 3.06. The van der Waals surface area contributed by atoms with Crippen LogP contribution in [0.4, 0.5) is 15.8 Å². The van der Waals surface area contributed by atoms with E-state index < -0.39 is 36.6 Å². The van der Waals surface area contributed by atoms with Crippen LogP contribution in [-0.2, 0) is 20.9 Å². The van der Waals surface area contributed by atoms with Gasteiger partial charge in [0.2, 0.25) is 5.89 Å². The van der Waals surface area contributed by atoms with Crippen molar-refractivity contribution in [2.45, 2.75) is 33.4 Å². The molecule has 0 spiro atoms. The van der Waals surface area contributed by atoms with Gasteiger partial charge in [-0.3, -0.25) is 9.59 Å². The summed E-state index contributed by atoms with van der Waals surface area (Å²) in [6, 6.07) is 12.9. The highest BCUT2D eigenvalue weighted by atomic mass is 19.1. The quantitative estimate of drug-likeness (QED) is 0.493. The van der Waals surface area contributed by atoms with E-state index in [9.17, 15) is 18.8 Å². The van der Waals surface area contributed by atoms with Crippen LogP contribution < -0.4 is 16.0 Å². The highest BCUT2D eigenvalue weighted by molar-refractivity contribution is 5.92. The van der Waals surface area contributed by atoms with E-state index in [0.717, 1.165) is 16.9 Å². The largest absolute Gasteiger partial charge is 0.454 e. The fourth-order valence-corrected chi connectivity index (χ4v) is 3.21. The normalized spacial score (nSPS) is 10.8. The number of amides is 1. The summed E-state index contributed by atoms with van der Waals surface area (Å²) in [7, 11) is 0. The van der Waals surface area contributed by atoms with Crippen LogP contribution >= 0.6 is 0 Å². The van der Waals surface area contributed by atoms with E-state index in [1.807, 2.05) is 12.1 Å². The molecular formula is C23H25FN4O5. The number of nitrogens with zero attached hydrogens (tertiary/aromatic N) is 3. The minimum absolute atomic E-state index is 0.0619. The maximum absolute atomic E-state index is 13.0. The van der Waals surface area contributed by atoms with Crippen LogP contribution in [0.3, 0.4) is 0 Å². The van der Waals surface area contributed by atoms with Gasteiger partial charge in [-0.2, -0.15) is 4.68 Å². The summed E-state index contributed by atoms with van der Waals surface area (Å²) in [5.74, 6) is -2.74. The lowest BCUT2D eigenvalue weighted by molar-refractivity contribution is -0.148. The second kappa shape index (κ2) is 10.6. The Labute approximate surface area is 189 Å². The summed E-state index contributed by atoms with van der Waals surface area (Å²) in [6.45, 7) is 6.08. The molecule has 33 heavy (non-hydrogen) atoms. The van der Waals surface area contributed by atoms with Crippen molar-refractivity contribution >= 4 is 23.3 Å². The Morgan fingerprint density at radius 3 is 2.42 bits per heavy atom. The maximum atomic E-state index is 13.0. The topological polar surface area (TPSA) is 107 Å². The summed E-state index contributed by atoms with van der Waals surface area (Å²) in [5, 5.41) is 6.54. The Hall–Kier alpha value is -3.95. The number of halogens is 1. The molecule has 3 aromatic rings. The van der Waals surface area contributed by atoms with Crippen molar-refractivity contribution in [2.24, 2.45) is 0 Å². The number of carbonyl (C=O) groups excluding carboxylic acids is 2. The van der Waals surface area contributed by atoms with Crippen LogP contribution in [-0.4, -0.2) is 40.9 Å². The lowest BCUT2D eigenvalue weighted by atomic mass is 10.2. The third kappa shape index (κ3) is 6.28. The molecule has 0 aliphatic heterocycles. The number of nitrogens with one attached hydrogen (secondary N) is 1. The van der Waals surface area contributed by atoms with Gasteiger partial charge < -0.3 is 19.4 Å². The number of hydrogen-bond acceptors (Lipinski definition) is 7. The zero-order chi connectivity index (χ0) is 24.0. The Morgan fingerprint density at radius 1 is 1.15 bits per heavy atom. The van der Waals surface area contributed by atoms with Gasteiger partial charge in [-0.25, -0.2) is 9.18 Å². The molecule has 0 saturated heterocycles. The van der Waals surface area contributed by atoms with E-state index in [1.165, 1.54) is 24.3 Å². The average molecular weight is 456 g/mol. The van der Waals surface area contributed by atoms with Gasteiger partial charge in [0, 0.05) is 29.5 Å². The molecule has 0 fully saturated rings. The van der Waals surface area contributed by atoms with Gasteiger partial charge in [0.25, 0.3) is 5.91 Å². The van der Waals surface area contributed by atoms with Gasteiger partial charge in [0.15, 0.2) is 6.61 Å². The first kappa shape index (κ1) is 23.7. The zero-order valence-corrected chi connectivity index (χ0v) is 18.6. The van der Waals surface area contributed by atoms with Crippen LogP contribution in [0.1, 0.15) is 20.8 Å². The Bertz CT molecular complexity index is 1150. The van der Waals surface area contributed by atoms with E-state index in [1.54, 1.807) is 12.1 Å². The zero-order valence-electron chi connectivity index (χ0n) is 18.6. The maximum Gasteiger partial charge on any atom is 0.437 e. The highest BCUT2D eigenvalue weighted by Crippen LogP contribution is 2.20. The van der Waals surface area contributed by atoms with E-state index in [0.29, 0.717) is 17.3 Å². The number of hydrogen-bond donors (Lipinski definition) is 1. The van der Waals surface area contributed by atoms with Crippen molar-refractivity contribution in [1.82, 2.24) is 9.78 Å². The van der Waals surface area contributed by atoms with Gasteiger partial charge in [-0.15, -0.1) is 5.10 Å². The molecule has 0 unspecified atom stereocenters. The molecular weight excluding hydrogens is 431 g/mol. The molecule has 9 nitrogen and oxygen atoms in total. The number of anilines is 2. The van der Waals surface area contributed by atoms with Gasteiger partial charge in [0.1, 0.15) is 12.4 Å². The monoisotopic (exact) mass is 456 g/mol. The van der Waals surface area contributed by atoms with Gasteiger partial charge in [-0.05, 0) is 69.3 Å². The molecule has 174 valence electrons. The third-order valence-electron chi connectivity index (χ3n) is 4.79. The molecule has 1 amide bonds. The Balaban J connectivity index is 1.51. The molecule has 0 atom stereocenters. The number of benzene rings is 2. The number of rotatable bonds is 9. The average Bonchev–Trinajstić information content (AvgIpc) is 3.14. The molecule has 1 N–H and O–H groups in total. The minimum atomic E-state index is -0.877. The SMILES string of the molecule is CCN(c1ccc(NC(=O)COC(=O)Cn2nc(-c3ccc(F)cc3)oc2=O)cc1)C(C)C. The summed E-state index contributed by atoms with van der Waals surface area (Å²) >= 11 is 0. The van der Waals surface area contributed by atoms with E-state index in [2.05, 4.69) is 36.1 Å². The molecule has 2 aromatic carbocycles. The van der Waals surface area contributed by atoms with Crippen LogP contribution in [0.15, 0.2) is 57.7 Å². The number of aromatic nitrogens is 2. The predicted molar refractivity (Wildman–Crippen MR) is 120 cm³/mol. The molecule has 0 aliphatic rings. The smallest absolute Gasteiger partial charge is 0.437 e. The van der Waals surface area contributed by atoms with Gasteiger partial charge >= 0.3 is 11.7 Å². The fraction of sp³-hybridized carbons (Fsp3) is 0.304. The first-order chi connectivity index (χ1) is 15.8. The number of esters is 1. The van der Waals surface area contributed by atoms with Crippen LogP contribution in [0.25, 0.3) is 11.5 Å². The molecule has 0 radical (unpaired) electrons. The highest BCUT2D eigenvalue weighted by Gasteiger charge is 2.15. The molecule has 10 heteroatoms. The van der Waals surface area contributed by atoms with Crippen LogP contribution in [0, 0.1) is 5.82 Å². The van der Waals surface area contributed by atoms with Crippen molar-refractivity contribution in [2.75, 3.05) is 23.4 Å². The Kier molecular flexibility index (Phi) is 7.60. The molecule has 1 heterocycles. The molecule has 0 bridgehead atoms. The van der Waals surface area contributed by atoms with E-state index in [-0.39, 0.29) is 5.89 Å². The van der Waals surface area contributed by atoms with Gasteiger partial charge in [-0.1, -0.05) is 0 Å². The molecule has 3 rings (SSSR count). The van der Waals surface area contributed by atoms with Crippen molar-refractivity contribution < 1.29 is 23.1 Å². The van der Waals surface area contributed by atoms with E-state index in [4.69, 9.17) is 9.15 Å². The Morgan fingerprint density at radius 2 is 1.82 bits per heavy atom.